The Hall–Kier alpha value is -1.10. The first-order valence-corrected chi connectivity index (χ1v) is 5.17. The molecule has 15 heavy (non-hydrogen) atoms. The smallest absolute Gasteiger partial charge is 0.311 e. The van der Waals surface area contributed by atoms with E-state index >= 15 is 0 Å². The van der Waals surface area contributed by atoms with Crippen molar-refractivity contribution in [2.75, 3.05) is 0 Å². The van der Waals surface area contributed by atoms with Crippen molar-refractivity contribution in [1.29, 1.82) is 0 Å². The van der Waals surface area contributed by atoms with Gasteiger partial charge in [0.1, 0.15) is 0 Å². The van der Waals surface area contributed by atoms with Crippen molar-refractivity contribution in [2.45, 2.75) is 45.2 Å². The Morgan fingerprint density at radius 2 is 2.20 bits per heavy atom. The van der Waals surface area contributed by atoms with Crippen LogP contribution in [0.15, 0.2) is 0 Å². The molecule has 2 unspecified atom stereocenters. The quantitative estimate of drug-likeness (QED) is 0.621. The van der Waals surface area contributed by atoms with E-state index in [0.29, 0.717) is 12.8 Å². The molecular weight excluding hydrogens is 196 g/mol. The molecule has 0 aromatic heterocycles. The minimum atomic E-state index is -0.852. The Balaban J connectivity index is 2.70. The van der Waals surface area contributed by atoms with Crippen LogP contribution in [0.4, 0.5) is 0 Å². The molecule has 3 atom stereocenters. The Morgan fingerprint density at radius 3 is 2.67 bits per heavy atom. The number of hydrogen-bond donors (Lipinski definition) is 3. The van der Waals surface area contributed by atoms with Crippen molar-refractivity contribution in [3.63, 3.8) is 0 Å². The topological polar surface area (TPSA) is 92.4 Å². The van der Waals surface area contributed by atoms with E-state index in [1.165, 1.54) is 0 Å². The van der Waals surface area contributed by atoms with Crippen LogP contribution >= 0.6 is 0 Å². The summed E-state index contributed by atoms with van der Waals surface area (Å²) in [6.45, 7) is 3.26. The number of carboxylic acids is 1. The van der Waals surface area contributed by atoms with Crippen LogP contribution in [0.3, 0.4) is 0 Å². The number of carbonyl (C=O) groups excluding carboxylic acids is 1. The summed E-state index contributed by atoms with van der Waals surface area (Å²) >= 11 is 0. The van der Waals surface area contributed by atoms with Gasteiger partial charge in [0.2, 0.25) is 5.91 Å². The van der Waals surface area contributed by atoms with Crippen molar-refractivity contribution in [3.8, 4) is 0 Å². The van der Waals surface area contributed by atoms with Crippen LogP contribution in [0.5, 0.6) is 0 Å². The molecule has 0 spiro atoms. The van der Waals surface area contributed by atoms with Gasteiger partial charge in [-0.3, -0.25) is 9.59 Å². The third kappa shape index (κ3) is 2.28. The lowest BCUT2D eigenvalue weighted by molar-refractivity contribution is -0.149. The number of carbonyl (C=O) groups is 2. The first-order valence-electron chi connectivity index (χ1n) is 5.17. The van der Waals surface area contributed by atoms with Crippen molar-refractivity contribution >= 4 is 11.9 Å². The maximum absolute atomic E-state index is 11.4. The van der Waals surface area contributed by atoms with Crippen LogP contribution in [0.25, 0.3) is 0 Å². The lowest BCUT2D eigenvalue weighted by Crippen LogP contribution is -2.51. The molecule has 1 aliphatic rings. The van der Waals surface area contributed by atoms with Gasteiger partial charge in [-0.05, 0) is 26.7 Å². The highest BCUT2D eigenvalue weighted by Crippen LogP contribution is 2.38. The molecule has 5 heteroatoms. The molecule has 0 heterocycles. The Bertz CT molecular complexity index is 278. The molecule has 0 radical (unpaired) electrons. The number of hydrogen-bond acceptors (Lipinski definition) is 3. The summed E-state index contributed by atoms with van der Waals surface area (Å²) in [5.74, 6) is -1.13. The maximum Gasteiger partial charge on any atom is 0.311 e. The summed E-state index contributed by atoms with van der Waals surface area (Å²) in [4.78, 5) is 22.5. The van der Waals surface area contributed by atoms with Crippen molar-refractivity contribution in [3.05, 3.63) is 0 Å². The summed E-state index contributed by atoms with van der Waals surface area (Å²) in [7, 11) is 0. The monoisotopic (exact) mass is 214 g/mol. The van der Waals surface area contributed by atoms with E-state index in [9.17, 15) is 9.59 Å². The molecule has 1 fully saturated rings. The Morgan fingerprint density at radius 1 is 1.60 bits per heavy atom. The molecule has 4 N–H and O–H groups in total. The zero-order valence-electron chi connectivity index (χ0n) is 9.12. The fraction of sp³-hybridized carbons (Fsp3) is 0.800. The largest absolute Gasteiger partial charge is 0.481 e. The standard InChI is InChI=1S/C10H18N2O3/c1-6(11)8(13)12-7-4-3-5-10(7,2)9(14)15/h6-7H,3-5,11H2,1-2H3,(H,12,13)(H,14,15)/t6-,7?,10?/m1/s1. The molecular formula is C10H18N2O3. The number of amides is 1. The molecule has 1 aliphatic carbocycles. The van der Waals surface area contributed by atoms with Gasteiger partial charge in [0.25, 0.3) is 0 Å². The second kappa shape index (κ2) is 4.18. The van der Waals surface area contributed by atoms with E-state index in [4.69, 9.17) is 10.8 Å². The zero-order valence-corrected chi connectivity index (χ0v) is 9.12. The average Bonchev–Trinajstić information content (AvgIpc) is 2.49. The lowest BCUT2D eigenvalue weighted by atomic mass is 9.85. The fourth-order valence-electron chi connectivity index (χ4n) is 1.96. The SMILES string of the molecule is C[C@@H](N)C(=O)NC1CCCC1(C)C(=O)O. The van der Waals surface area contributed by atoms with Gasteiger partial charge < -0.3 is 16.2 Å². The van der Waals surface area contributed by atoms with Crippen molar-refractivity contribution in [1.82, 2.24) is 5.32 Å². The van der Waals surface area contributed by atoms with Gasteiger partial charge in [-0.25, -0.2) is 0 Å². The Labute approximate surface area is 89.0 Å². The first-order chi connectivity index (χ1) is 6.88. The summed E-state index contributed by atoms with van der Waals surface area (Å²) in [6.07, 6.45) is 2.14. The summed E-state index contributed by atoms with van der Waals surface area (Å²) in [5.41, 5.74) is 4.58. The predicted octanol–water partition coefficient (Wildman–Crippen LogP) is 0.0932. The average molecular weight is 214 g/mol. The second-order valence-corrected chi connectivity index (χ2v) is 4.46. The summed E-state index contributed by atoms with van der Waals surface area (Å²) in [5, 5.41) is 11.8. The molecule has 0 aromatic carbocycles. The molecule has 0 aliphatic heterocycles. The highest BCUT2D eigenvalue weighted by Gasteiger charge is 2.45. The van der Waals surface area contributed by atoms with Crippen LogP contribution < -0.4 is 11.1 Å². The maximum atomic E-state index is 11.4. The van der Waals surface area contributed by atoms with Gasteiger partial charge in [0, 0.05) is 6.04 Å². The van der Waals surface area contributed by atoms with Gasteiger partial charge in [0.15, 0.2) is 0 Å². The molecule has 86 valence electrons. The van der Waals surface area contributed by atoms with Crippen LogP contribution in [0, 0.1) is 5.41 Å². The normalized spacial score (nSPS) is 32.3. The van der Waals surface area contributed by atoms with E-state index in [-0.39, 0.29) is 11.9 Å². The minimum Gasteiger partial charge on any atom is -0.481 e. The van der Waals surface area contributed by atoms with Crippen molar-refractivity contribution in [2.24, 2.45) is 11.1 Å². The van der Waals surface area contributed by atoms with Crippen molar-refractivity contribution < 1.29 is 14.7 Å². The zero-order chi connectivity index (χ0) is 11.6. The van der Waals surface area contributed by atoms with E-state index in [2.05, 4.69) is 5.32 Å². The van der Waals surface area contributed by atoms with Crippen LogP contribution in [0.2, 0.25) is 0 Å². The predicted molar refractivity (Wildman–Crippen MR) is 55.2 cm³/mol. The number of carboxylic acid groups (broad SMARTS) is 1. The third-order valence-corrected chi connectivity index (χ3v) is 3.18. The van der Waals surface area contributed by atoms with E-state index in [0.717, 1.165) is 6.42 Å². The first kappa shape index (κ1) is 12.0. The number of aliphatic carboxylic acids is 1. The molecule has 1 amide bonds. The van der Waals surface area contributed by atoms with Crippen LogP contribution in [0.1, 0.15) is 33.1 Å². The van der Waals surface area contributed by atoms with E-state index < -0.39 is 17.4 Å². The van der Waals surface area contributed by atoms with Gasteiger partial charge >= 0.3 is 5.97 Å². The molecule has 1 rings (SSSR count). The van der Waals surface area contributed by atoms with Crippen LogP contribution in [-0.2, 0) is 9.59 Å². The fourth-order valence-corrected chi connectivity index (χ4v) is 1.96. The lowest BCUT2D eigenvalue weighted by Gasteiger charge is -2.28. The minimum absolute atomic E-state index is 0.283. The third-order valence-electron chi connectivity index (χ3n) is 3.18. The van der Waals surface area contributed by atoms with Gasteiger partial charge in [-0.1, -0.05) is 6.42 Å². The molecule has 0 saturated heterocycles. The van der Waals surface area contributed by atoms with Gasteiger partial charge in [0.05, 0.1) is 11.5 Å². The highest BCUT2D eigenvalue weighted by atomic mass is 16.4. The van der Waals surface area contributed by atoms with E-state index in [1.54, 1.807) is 13.8 Å². The Kier molecular flexibility index (Phi) is 3.34. The number of nitrogens with one attached hydrogen (secondary N) is 1. The van der Waals surface area contributed by atoms with Gasteiger partial charge in [-0.15, -0.1) is 0 Å². The summed E-state index contributed by atoms with van der Waals surface area (Å²) in [6, 6.07) is -0.892. The van der Waals surface area contributed by atoms with Crippen LogP contribution in [-0.4, -0.2) is 29.1 Å². The molecule has 5 nitrogen and oxygen atoms in total. The molecule has 0 aromatic rings. The molecule has 0 bridgehead atoms. The number of nitrogens with two attached hydrogens (primary N) is 1. The second-order valence-electron chi connectivity index (χ2n) is 4.46. The highest BCUT2D eigenvalue weighted by molar-refractivity contribution is 5.83. The summed E-state index contributed by atoms with van der Waals surface area (Å²) < 4.78 is 0. The molecule has 1 saturated carbocycles. The van der Waals surface area contributed by atoms with E-state index in [1.807, 2.05) is 0 Å². The number of rotatable bonds is 3. The van der Waals surface area contributed by atoms with Gasteiger partial charge in [-0.2, -0.15) is 0 Å².